The molecule has 1 heterocycles. The van der Waals surface area contributed by atoms with E-state index in [4.69, 9.17) is 3.77 Å². The van der Waals surface area contributed by atoms with Crippen LogP contribution in [0.1, 0.15) is 69.8 Å². The van der Waals surface area contributed by atoms with E-state index in [0.29, 0.717) is 4.90 Å². The molecular weight excluding hydrogens is 434 g/mol. The molecule has 1 aromatic rings. The van der Waals surface area contributed by atoms with Gasteiger partial charge in [0.2, 0.25) is 0 Å². The summed E-state index contributed by atoms with van der Waals surface area (Å²) < 4.78 is 32.9. The van der Waals surface area contributed by atoms with Crippen LogP contribution in [0.15, 0.2) is 32.9 Å². The molecule has 8 aliphatic carbocycles. The minimum absolute atomic E-state index is 0.251. The monoisotopic (exact) mass is 469 g/mol. The van der Waals surface area contributed by atoms with Crippen LogP contribution in [0.4, 0.5) is 0 Å². The largest absolute Gasteiger partial charge is 0.287 e. The zero-order chi connectivity index (χ0) is 21.5. The maximum atomic E-state index is 13.7. The molecule has 9 aliphatic rings. The molecular formula is C27H35NO2S2. The molecule has 0 radical (unpaired) electrons. The van der Waals surface area contributed by atoms with Crippen molar-refractivity contribution in [1.82, 2.24) is 0 Å². The molecule has 0 aromatic heterocycles. The third-order valence-corrected chi connectivity index (χ3v) is 16.7. The van der Waals surface area contributed by atoms with Crippen LogP contribution in [0, 0.1) is 54.3 Å². The normalized spacial score (nSPS) is 54.0. The van der Waals surface area contributed by atoms with Gasteiger partial charge in [-0.3, -0.25) is 0 Å². The maximum absolute atomic E-state index is 13.7. The van der Waals surface area contributed by atoms with Crippen molar-refractivity contribution in [2.24, 2.45) is 51.1 Å². The SMILES string of the molecule is Cc1ccc(S(=O)(=O)N=S2C3(C4CC5CC(C4)CC3C5)C23C2CC4CC(C2)CC3C4)cc1. The number of benzene rings is 1. The van der Waals surface area contributed by atoms with Crippen LogP contribution in [0.2, 0.25) is 0 Å². The number of hydrogen-bond donors (Lipinski definition) is 0. The van der Waals surface area contributed by atoms with Crippen LogP contribution in [0.3, 0.4) is 0 Å². The predicted molar refractivity (Wildman–Crippen MR) is 128 cm³/mol. The molecule has 0 N–H and O–H groups in total. The van der Waals surface area contributed by atoms with Crippen molar-refractivity contribution >= 4 is 20.7 Å². The van der Waals surface area contributed by atoms with Crippen molar-refractivity contribution in [2.45, 2.75) is 85.5 Å². The van der Waals surface area contributed by atoms with E-state index in [0.717, 1.165) is 52.9 Å². The van der Waals surface area contributed by atoms with E-state index >= 15 is 0 Å². The standard InChI is InChI=1S/C27H35NO2S2/c1-16-2-4-25(5-3-16)32(29,30)28-31-26(21-8-17-6-18(10-21)11-22(26)9-17)27(31)23-12-19-7-20(14-23)15-24(27)13-19/h2-5,17-24H,6-15H2,1H3. The van der Waals surface area contributed by atoms with Gasteiger partial charge in [0.25, 0.3) is 10.0 Å². The second kappa shape index (κ2) is 6.11. The van der Waals surface area contributed by atoms with Crippen molar-refractivity contribution in [3.63, 3.8) is 0 Å². The fourth-order valence-corrected chi connectivity index (χ4v) is 17.2. The van der Waals surface area contributed by atoms with Crippen LogP contribution in [0.25, 0.3) is 0 Å². The Hall–Kier alpha value is -0.680. The van der Waals surface area contributed by atoms with Crippen LogP contribution < -0.4 is 0 Å². The molecule has 0 amide bonds. The summed E-state index contributed by atoms with van der Waals surface area (Å²) in [6, 6.07) is 7.42. The van der Waals surface area contributed by atoms with Gasteiger partial charge in [0.1, 0.15) is 0 Å². The Morgan fingerprint density at radius 3 is 1.44 bits per heavy atom. The summed E-state index contributed by atoms with van der Waals surface area (Å²) in [6.07, 6.45) is 14.0. The number of hydrogen-bond acceptors (Lipinski definition) is 2. The first-order chi connectivity index (χ1) is 15.4. The van der Waals surface area contributed by atoms with Gasteiger partial charge in [-0.1, -0.05) is 28.4 Å². The highest BCUT2D eigenvalue weighted by Crippen LogP contribution is 2.82. The molecule has 0 unspecified atom stereocenters. The summed E-state index contributed by atoms with van der Waals surface area (Å²) in [6.45, 7) is 2.02. The first kappa shape index (κ1) is 19.6. The molecule has 1 aliphatic heterocycles. The summed E-state index contributed by atoms with van der Waals surface area (Å²) in [7, 11) is -3.89. The van der Waals surface area contributed by atoms with Gasteiger partial charge in [-0.2, -0.15) is 8.42 Å². The molecule has 172 valence electrons. The quantitative estimate of drug-likeness (QED) is 0.507. The predicted octanol–water partition coefficient (Wildman–Crippen LogP) is 5.89. The number of rotatable bonds is 2. The Bertz CT molecular complexity index is 1030. The fourth-order valence-electron chi connectivity index (χ4n) is 11.0. The molecule has 9 fully saturated rings. The van der Waals surface area contributed by atoms with Gasteiger partial charge < -0.3 is 0 Å². The van der Waals surface area contributed by atoms with Crippen LogP contribution in [-0.4, -0.2) is 17.9 Å². The van der Waals surface area contributed by atoms with Crippen molar-refractivity contribution in [3.05, 3.63) is 29.8 Å². The van der Waals surface area contributed by atoms with Crippen molar-refractivity contribution in [3.8, 4) is 0 Å². The Kier molecular flexibility index (Phi) is 3.74. The number of nitrogens with zero attached hydrogens (tertiary/aromatic N) is 1. The van der Waals surface area contributed by atoms with Crippen LogP contribution in [0.5, 0.6) is 0 Å². The third kappa shape index (κ3) is 2.20. The zero-order valence-electron chi connectivity index (χ0n) is 19.1. The molecule has 32 heavy (non-hydrogen) atoms. The van der Waals surface area contributed by atoms with Crippen molar-refractivity contribution in [1.29, 1.82) is 0 Å². The first-order valence-corrected chi connectivity index (χ1v) is 15.8. The maximum Gasteiger partial charge on any atom is 0.287 e. The second-order valence-electron chi connectivity index (χ2n) is 12.8. The van der Waals surface area contributed by atoms with Crippen LogP contribution in [-0.2, 0) is 20.7 Å². The van der Waals surface area contributed by atoms with Gasteiger partial charge in [0.05, 0.1) is 14.4 Å². The average molecular weight is 470 g/mol. The topological polar surface area (TPSA) is 46.5 Å². The smallest absolute Gasteiger partial charge is 0.199 e. The lowest BCUT2D eigenvalue weighted by atomic mass is 9.42. The van der Waals surface area contributed by atoms with E-state index < -0.39 is 10.0 Å². The Morgan fingerprint density at radius 2 is 1.06 bits per heavy atom. The number of sulfonamides is 1. The lowest BCUT2D eigenvalue weighted by Gasteiger charge is -2.61. The average Bonchev–Trinajstić information content (AvgIpc) is 3.31. The van der Waals surface area contributed by atoms with Gasteiger partial charge >= 0.3 is 0 Å². The number of aryl methyl sites for hydroxylation is 1. The van der Waals surface area contributed by atoms with E-state index in [-0.39, 0.29) is 20.2 Å². The van der Waals surface area contributed by atoms with Gasteiger partial charge in [0.15, 0.2) is 0 Å². The Morgan fingerprint density at radius 1 is 0.688 bits per heavy atom. The van der Waals surface area contributed by atoms with Crippen molar-refractivity contribution < 1.29 is 8.42 Å². The summed E-state index contributed by atoms with van der Waals surface area (Å²) in [5.74, 6) is 6.75. The lowest BCUT2D eigenvalue weighted by Crippen LogP contribution is -2.61. The van der Waals surface area contributed by atoms with Gasteiger partial charge in [-0.05, 0) is 131 Å². The highest BCUT2D eigenvalue weighted by Gasteiger charge is 2.87. The molecule has 5 heteroatoms. The zero-order valence-corrected chi connectivity index (χ0v) is 20.7. The van der Waals surface area contributed by atoms with E-state index in [1.807, 2.05) is 19.1 Å². The highest BCUT2D eigenvalue weighted by atomic mass is 32.3. The molecule has 10 rings (SSSR count). The summed E-state index contributed by atoms with van der Waals surface area (Å²) in [4.78, 5) is 0.417. The van der Waals surface area contributed by atoms with Gasteiger partial charge in [0, 0.05) is 0 Å². The van der Waals surface area contributed by atoms with E-state index in [9.17, 15) is 8.42 Å². The fraction of sp³-hybridized carbons (Fsp3) is 0.778. The van der Waals surface area contributed by atoms with Crippen LogP contribution >= 0.6 is 0 Å². The summed E-state index contributed by atoms with van der Waals surface area (Å²) >= 11 is 0. The highest BCUT2D eigenvalue weighted by molar-refractivity contribution is 8.06. The molecule has 1 saturated heterocycles. The summed E-state index contributed by atoms with van der Waals surface area (Å²) in [5.41, 5.74) is 1.10. The Labute approximate surface area is 195 Å². The molecule has 0 atom stereocenters. The molecule has 2 spiro atoms. The molecule has 1 aromatic carbocycles. The van der Waals surface area contributed by atoms with Crippen molar-refractivity contribution in [2.75, 3.05) is 0 Å². The molecule has 8 bridgehead atoms. The summed E-state index contributed by atoms with van der Waals surface area (Å²) in [5, 5.41) is 0. The van der Waals surface area contributed by atoms with Gasteiger partial charge in [-0.25, -0.2) is 0 Å². The lowest BCUT2D eigenvalue weighted by molar-refractivity contribution is -0.0747. The second-order valence-corrected chi connectivity index (χ2v) is 16.8. The van der Waals surface area contributed by atoms with E-state index in [1.165, 1.54) is 64.2 Å². The molecule has 3 nitrogen and oxygen atoms in total. The van der Waals surface area contributed by atoms with Gasteiger partial charge in [-0.15, -0.1) is 3.77 Å². The third-order valence-electron chi connectivity index (χ3n) is 11.4. The Balaban J connectivity index is 1.31. The molecule has 8 saturated carbocycles. The van der Waals surface area contributed by atoms with E-state index in [2.05, 4.69) is 0 Å². The minimum Gasteiger partial charge on any atom is -0.199 e. The minimum atomic E-state index is -3.59. The first-order valence-electron chi connectivity index (χ1n) is 13.2. The van der Waals surface area contributed by atoms with E-state index in [1.54, 1.807) is 12.1 Å².